The number of hydrogen-bond donors (Lipinski definition) is 1. The summed E-state index contributed by atoms with van der Waals surface area (Å²) in [6.45, 7) is 0. The van der Waals surface area contributed by atoms with Crippen LogP contribution >= 0.6 is 0 Å². The lowest BCUT2D eigenvalue weighted by Gasteiger charge is -2.56. The topological polar surface area (TPSA) is 38.3 Å². The molecule has 0 spiro atoms. The Morgan fingerprint density at radius 3 is 2.17 bits per heavy atom. The number of carbonyl (C=O) groups is 1. The highest BCUT2D eigenvalue weighted by atomic mass is 16.5. The maximum absolute atomic E-state index is 12.4. The number of hydrogen-bond acceptors (Lipinski definition) is 2. The minimum Gasteiger partial charge on any atom is -0.497 e. The van der Waals surface area contributed by atoms with E-state index in [9.17, 15) is 4.79 Å². The number of rotatable bonds is 4. The Morgan fingerprint density at radius 2 is 1.65 bits per heavy atom. The molecule has 1 N–H and O–H groups in total. The van der Waals surface area contributed by atoms with E-state index in [0.29, 0.717) is 0 Å². The van der Waals surface area contributed by atoms with Crippen LogP contribution in [0, 0.1) is 17.8 Å². The zero-order valence-corrected chi connectivity index (χ0v) is 13.8. The van der Waals surface area contributed by atoms with Gasteiger partial charge in [-0.1, -0.05) is 12.1 Å². The van der Waals surface area contributed by atoms with Crippen LogP contribution in [0.25, 0.3) is 6.08 Å². The normalized spacial score (nSPS) is 34.7. The summed E-state index contributed by atoms with van der Waals surface area (Å²) >= 11 is 0. The van der Waals surface area contributed by atoms with Crippen molar-refractivity contribution in [3.05, 3.63) is 35.9 Å². The molecule has 0 unspecified atom stereocenters. The lowest BCUT2D eigenvalue weighted by molar-refractivity contribution is -0.122. The Balaban J connectivity index is 1.40. The number of benzene rings is 1. The Hall–Kier alpha value is -1.77. The number of methoxy groups -OCH3 is 1. The van der Waals surface area contributed by atoms with Crippen molar-refractivity contribution in [2.24, 2.45) is 17.8 Å². The van der Waals surface area contributed by atoms with Crippen molar-refractivity contribution >= 4 is 12.0 Å². The van der Waals surface area contributed by atoms with Gasteiger partial charge in [-0.3, -0.25) is 4.79 Å². The maximum Gasteiger partial charge on any atom is 0.244 e. The first kappa shape index (κ1) is 14.8. The van der Waals surface area contributed by atoms with E-state index in [-0.39, 0.29) is 11.4 Å². The van der Waals surface area contributed by atoms with Gasteiger partial charge >= 0.3 is 0 Å². The van der Waals surface area contributed by atoms with Crippen LogP contribution in [0.4, 0.5) is 0 Å². The highest BCUT2D eigenvalue weighted by Crippen LogP contribution is 2.55. The summed E-state index contributed by atoms with van der Waals surface area (Å²) in [6.07, 6.45) is 11.4. The first-order valence-electron chi connectivity index (χ1n) is 8.78. The van der Waals surface area contributed by atoms with Crippen molar-refractivity contribution in [1.29, 1.82) is 0 Å². The van der Waals surface area contributed by atoms with Crippen molar-refractivity contribution in [3.8, 4) is 5.75 Å². The molecule has 4 bridgehead atoms. The molecular formula is C20H25NO2. The molecule has 4 fully saturated rings. The third-order valence-electron chi connectivity index (χ3n) is 5.97. The second-order valence-electron chi connectivity index (χ2n) is 7.79. The summed E-state index contributed by atoms with van der Waals surface area (Å²) in [5, 5.41) is 3.37. The van der Waals surface area contributed by atoms with Gasteiger partial charge in [0, 0.05) is 11.6 Å². The molecule has 0 heterocycles. The van der Waals surface area contributed by atoms with E-state index in [1.807, 2.05) is 30.3 Å². The van der Waals surface area contributed by atoms with Crippen molar-refractivity contribution in [3.63, 3.8) is 0 Å². The number of amides is 1. The summed E-state index contributed by atoms with van der Waals surface area (Å²) in [6, 6.07) is 7.76. The highest BCUT2D eigenvalue weighted by molar-refractivity contribution is 5.92. The Labute approximate surface area is 138 Å². The fourth-order valence-corrected chi connectivity index (χ4v) is 5.45. The zero-order valence-electron chi connectivity index (χ0n) is 13.8. The van der Waals surface area contributed by atoms with Gasteiger partial charge in [0.05, 0.1) is 7.11 Å². The van der Waals surface area contributed by atoms with E-state index < -0.39 is 0 Å². The molecule has 0 saturated heterocycles. The minimum atomic E-state index is 0.0581. The van der Waals surface area contributed by atoms with Gasteiger partial charge in [-0.15, -0.1) is 0 Å². The fourth-order valence-electron chi connectivity index (χ4n) is 5.45. The molecule has 1 aromatic carbocycles. The average molecular weight is 311 g/mol. The Kier molecular flexibility index (Phi) is 3.67. The van der Waals surface area contributed by atoms with Gasteiger partial charge < -0.3 is 10.1 Å². The third kappa shape index (κ3) is 3.01. The van der Waals surface area contributed by atoms with E-state index in [1.54, 1.807) is 13.2 Å². The molecule has 5 rings (SSSR count). The molecule has 0 atom stereocenters. The van der Waals surface area contributed by atoms with Crippen LogP contribution in [0.2, 0.25) is 0 Å². The third-order valence-corrected chi connectivity index (χ3v) is 5.97. The standard InChI is InChI=1S/C20H25NO2/c1-23-18-5-2-14(3-6-18)4-7-19(22)21-20-11-15-8-16(12-20)10-17(9-15)13-20/h2-7,15-17H,8-13H2,1H3,(H,21,22). The SMILES string of the molecule is COc1ccc(C=CC(=O)NC23CC4CC(CC(C4)C2)C3)cc1. The lowest BCUT2D eigenvalue weighted by atomic mass is 9.53. The zero-order chi connectivity index (χ0) is 15.9. The fraction of sp³-hybridized carbons (Fsp3) is 0.550. The highest BCUT2D eigenvalue weighted by Gasteiger charge is 2.51. The molecule has 4 aliphatic rings. The van der Waals surface area contributed by atoms with E-state index in [1.165, 1.54) is 38.5 Å². The van der Waals surface area contributed by atoms with Crippen LogP contribution in [0.1, 0.15) is 44.1 Å². The molecule has 23 heavy (non-hydrogen) atoms. The molecule has 0 radical (unpaired) electrons. The molecule has 4 saturated carbocycles. The van der Waals surface area contributed by atoms with Crippen LogP contribution in [0.3, 0.4) is 0 Å². The smallest absolute Gasteiger partial charge is 0.244 e. The number of ether oxygens (including phenoxy) is 1. The van der Waals surface area contributed by atoms with Crippen LogP contribution in [0.15, 0.2) is 30.3 Å². The molecular weight excluding hydrogens is 286 g/mol. The Bertz CT molecular complexity index is 582. The van der Waals surface area contributed by atoms with Gasteiger partial charge in [-0.05, 0) is 80.1 Å². The molecule has 0 aliphatic heterocycles. The molecule has 4 aliphatic carbocycles. The molecule has 3 heteroatoms. The van der Waals surface area contributed by atoms with Gasteiger partial charge in [0.25, 0.3) is 0 Å². The van der Waals surface area contributed by atoms with Gasteiger partial charge in [0.15, 0.2) is 0 Å². The van der Waals surface area contributed by atoms with E-state index in [0.717, 1.165) is 29.1 Å². The first-order chi connectivity index (χ1) is 11.1. The van der Waals surface area contributed by atoms with E-state index in [4.69, 9.17) is 4.74 Å². The maximum atomic E-state index is 12.4. The molecule has 1 amide bonds. The first-order valence-corrected chi connectivity index (χ1v) is 8.78. The van der Waals surface area contributed by atoms with Crippen LogP contribution in [0.5, 0.6) is 5.75 Å². The van der Waals surface area contributed by atoms with E-state index >= 15 is 0 Å². The van der Waals surface area contributed by atoms with Crippen molar-refractivity contribution < 1.29 is 9.53 Å². The summed E-state index contributed by atoms with van der Waals surface area (Å²) in [7, 11) is 1.66. The number of nitrogens with one attached hydrogen (secondary N) is 1. The largest absolute Gasteiger partial charge is 0.497 e. The van der Waals surface area contributed by atoms with Crippen LogP contribution in [-0.4, -0.2) is 18.6 Å². The van der Waals surface area contributed by atoms with Crippen molar-refractivity contribution in [1.82, 2.24) is 5.32 Å². The van der Waals surface area contributed by atoms with E-state index in [2.05, 4.69) is 5.32 Å². The Morgan fingerprint density at radius 1 is 1.09 bits per heavy atom. The summed E-state index contributed by atoms with van der Waals surface area (Å²) in [5.41, 5.74) is 1.11. The summed E-state index contributed by atoms with van der Waals surface area (Å²) in [4.78, 5) is 12.4. The predicted octanol–water partition coefficient (Wildman–Crippen LogP) is 3.79. The number of carbonyl (C=O) groups excluding carboxylic acids is 1. The van der Waals surface area contributed by atoms with Gasteiger partial charge in [0.2, 0.25) is 5.91 Å². The van der Waals surface area contributed by atoms with Gasteiger partial charge in [-0.2, -0.15) is 0 Å². The monoisotopic (exact) mass is 311 g/mol. The molecule has 0 aromatic heterocycles. The molecule has 122 valence electrons. The summed E-state index contributed by atoms with van der Waals surface area (Å²) in [5.74, 6) is 3.45. The van der Waals surface area contributed by atoms with Gasteiger partial charge in [-0.25, -0.2) is 0 Å². The second-order valence-corrected chi connectivity index (χ2v) is 7.79. The summed E-state index contributed by atoms with van der Waals surface area (Å²) < 4.78 is 5.15. The predicted molar refractivity (Wildman–Crippen MR) is 91.1 cm³/mol. The van der Waals surface area contributed by atoms with Crippen LogP contribution in [-0.2, 0) is 4.79 Å². The quantitative estimate of drug-likeness (QED) is 0.859. The molecule has 1 aromatic rings. The van der Waals surface area contributed by atoms with Gasteiger partial charge in [0.1, 0.15) is 5.75 Å². The van der Waals surface area contributed by atoms with Crippen LogP contribution < -0.4 is 10.1 Å². The lowest BCUT2D eigenvalue weighted by Crippen LogP contribution is -2.59. The average Bonchev–Trinajstić information content (AvgIpc) is 2.51. The second kappa shape index (κ2) is 5.70. The molecule has 3 nitrogen and oxygen atoms in total. The minimum absolute atomic E-state index is 0.0581. The van der Waals surface area contributed by atoms with Crippen molar-refractivity contribution in [2.45, 2.75) is 44.1 Å². The van der Waals surface area contributed by atoms with Crippen molar-refractivity contribution in [2.75, 3.05) is 7.11 Å².